The number of hydrogen-bond donors (Lipinski definition) is 2. The van der Waals surface area contributed by atoms with Crippen LogP contribution >= 0.6 is 0 Å². The second kappa shape index (κ2) is 8.46. The van der Waals surface area contributed by atoms with Crippen LogP contribution in [0.3, 0.4) is 0 Å². The summed E-state index contributed by atoms with van der Waals surface area (Å²) in [5.41, 5.74) is 1.34. The Kier molecular flexibility index (Phi) is 6.60. The van der Waals surface area contributed by atoms with Gasteiger partial charge in [-0.25, -0.2) is 0 Å². The molecule has 1 aromatic carbocycles. The third kappa shape index (κ3) is 5.63. The number of carbonyl (C=O) groups excluding carboxylic acids is 1. The van der Waals surface area contributed by atoms with Crippen molar-refractivity contribution >= 4 is 5.91 Å². The number of likely N-dealkylation sites (tertiary alicyclic amines) is 1. The van der Waals surface area contributed by atoms with Crippen LogP contribution in [0, 0.1) is 11.8 Å². The van der Waals surface area contributed by atoms with E-state index in [2.05, 4.69) is 41.4 Å². The van der Waals surface area contributed by atoms with E-state index in [1.807, 2.05) is 19.9 Å². The minimum Gasteiger partial charge on any atom is -0.392 e. The van der Waals surface area contributed by atoms with Gasteiger partial charge in [0.15, 0.2) is 0 Å². The largest absolute Gasteiger partial charge is 0.392 e. The van der Waals surface area contributed by atoms with Gasteiger partial charge in [-0.15, -0.1) is 0 Å². The summed E-state index contributed by atoms with van der Waals surface area (Å²) in [6.07, 6.45) is 0.620. The number of aliphatic hydroxyl groups is 1. The Labute approximate surface area is 139 Å². The van der Waals surface area contributed by atoms with Gasteiger partial charge in [0.2, 0.25) is 5.91 Å². The predicted molar refractivity (Wildman–Crippen MR) is 92.9 cm³/mol. The molecule has 3 atom stereocenters. The van der Waals surface area contributed by atoms with Crippen molar-refractivity contribution < 1.29 is 9.90 Å². The third-order valence-electron chi connectivity index (χ3n) is 4.75. The Morgan fingerprint density at radius 3 is 2.65 bits per heavy atom. The fraction of sp³-hybridized carbons (Fsp3) is 0.632. The Balaban J connectivity index is 1.78. The van der Waals surface area contributed by atoms with Crippen LogP contribution in [0.1, 0.15) is 39.2 Å². The van der Waals surface area contributed by atoms with E-state index in [1.54, 1.807) is 0 Å². The summed E-state index contributed by atoms with van der Waals surface area (Å²) in [5, 5.41) is 12.9. The van der Waals surface area contributed by atoms with E-state index in [0.717, 1.165) is 26.1 Å². The van der Waals surface area contributed by atoms with Crippen LogP contribution < -0.4 is 5.32 Å². The second-order valence-electron chi connectivity index (χ2n) is 7.18. The van der Waals surface area contributed by atoms with Gasteiger partial charge in [-0.2, -0.15) is 0 Å². The lowest BCUT2D eigenvalue weighted by Crippen LogP contribution is -2.50. The van der Waals surface area contributed by atoms with Crippen molar-refractivity contribution in [2.24, 2.45) is 11.8 Å². The molecule has 0 bridgehead atoms. The minimum atomic E-state index is -0.552. The van der Waals surface area contributed by atoms with Crippen LogP contribution in [-0.4, -0.2) is 41.1 Å². The van der Waals surface area contributed by atoms with Crippen LogP contribution in [0.2, 0.25) is 0 Å². The van der Waals surface area contributed by atoms with Crippen LogP contribution in [0.4, 0.5) is 0 Å². The first-order valence-electron chi connectivity index (χ1n) is 8.69. The van der Waals surface area contributed by atoms with Crippen LogP contribution in [0.5, 0.6) is 0 Å². The smallest absolute Gasteiger partial charge is 0.222 e. The molecule has 0 aromatic heterocycles. The zero-order chi connectivity index (χ0) is 16.8. The summed E-state index contributed by atoms with van der Waals surface area (Å²) >= 11 is 0. The van der Waals surface area contributed by atoms with E-state index in [0.29, 0.717) is 5.92 Å². The maximum absolute atomic E-state index is 12.1. The second-order valence-corrected chi connectivity index (χ2v) is 7.18. The molecule has 1 amide bonds. The van der Waals surface area contributed by atoms with Gasteiger partial charge in [0.1, 0.15) is 0 Å². The Hall–Kier alpha value is -1.39. The molecule has 1 aromatic rings. The molecule has 2 N–H and O–H groups in total. The number of nitrogens with zero attached hydrogens (tertiary/aromatic N) is 1. The van der Waals surface area contributed by atoms with E-state index in [-0.39, 0.29) is 24.3 Å². The molecule has 128 valence electrons. The zero-order valence-electron chi connectivity index (χ0n) is 14.5. The maximum atomic E-state index is 12.1. The number of aliphatic hydroxyl groups excluding tert-OH is 1. The Morgan fingerprint density at radius 1 is 1.35 bits per heavy atom. The van der Waals surface area contributed by atoms with Gasteiger partial charge in [-0.05, 0) is 23.8 Å². The van der Waals surface area contributed by atoms with E-state index in [9.17, 15) is 9.90 Å². The van der Waals surface area contributed by atoms with E-state index in [1.165, 1.54) is 5.56 Å². The summed E-state index contributed by atoms with van der Waals surface area (Å²) < 4.78 is 0. The highest BCUT2D eigenvalue weighted by atomic mass is 16.3. The molecule has 1 fully saturated rings. The number of piperidine rings is 1. The zero-order valence-corrected chi connectivity index (χ0v) is 14.5. The molecule has 2 rings (SSSR count). The maximum Gasteiger partial charge on any atom is 0.222 e. The van der Waals surface area contributed by atoms with Gasteiger partial charge in [-0.1, -0.05) is 51.1 Å². The molecule has 3 unspecified atom stereocenters. The van der Waals surface area contributed by atoms with E-state index < -0.39 is 6.10 Å². The van der Waals surface area contributed by atoms with Crippen LogP contribution in [-0.2, 0) is 11.3 Å². The van der Waals surface area contributed by atoms with Crippen molar-refractivity contribution in [3.05, 3.63) is 35.9 Å². The van der Waals surface area contributed by atoms with Gasteiger partial charge in [0, 0.05) is 25.7 Å². The highest BCUT2D eigenvalue weighted by Crippen LogP contribution is 2.19. The standard InChI is InChI=1S/C19H30N2O2/c1-14(2)18(22)11-19(23)20-17-9-10-21(12-15(17)3)13-16-7-5-4-6-8-16/h4-8,14-15,17-18,22H,9-13H2,1-3H3,(H,20,23). The number of benzene rings is 1. The van der Waals surface area contributed by atoms with Crippen molar-refractivity contribution in [2.75, 3.05) is 13.1 Å². The van der Waals surface area contributed by atoms with E-state index in [4.69, 9.17) is 0 Å². The van der Waals surface area contributed by atoms with Gasteiger partial charge >= 0.3 is 0 Å². The highest BCUT2D eigenvalue weighted by Gasteiger charge is 2.27. The number of hydrogen-bond acceptors (Lipinski definition) is 3. The molecular formula is C19H30N2O2. The molecule has 0 radical (unpaired) electrons. The molecule has 1 heterocycles. The van der Waals surface area contributed by atoms with Crippen molar-refractivity contribution in [2.45, 2.75) is 52.3 Å². The summed E-state index contributed by atoms with van der Waals surface area (Å²) in [4.78, 5) is 14.5. The lowest BCUT2D eigenvalue weighted by molar-refractivity contribution is -0.125. The molecule has 0 aliphatic carbocycles. The van der Waals surface area contributed by atoms with Crippen molar-refractivity contribution in [3.63, 3.8) is 0 Å². The minimum absolute atomic E-state index is 0.0282. The number of nitrogens with one attached hydrogen (secondary N) is 1. The normalized spacial score (nSPS) is 23.7. The molecule has 23 heavy (non-hydrogen) atoms. The highest BCUT2D eigenvalue weighted by molar-refractivity contribution is 5.76. The first kappa shape index (κ1) is 18.0. The van der Waals surface area contributed by atoms with Crippen LogP contribution in [0.25, 0.3) is 0 Å². The SMILES string of the molecule is CC(C)C(O)CC(=O)NC1CCN(Cc2ccccc2)CC1C. The Bertz CT molecular complexity index is 489. The average Bonchev–Trinajstić information content (AvgIpc) is 2.51. The summed E-state index contributed by atoms with van der Waals surface area (Å²) in [6.45, 7) is 9.02. The molecule has 0 saturated carbocycles. The molecule has 1 aliphatic heterocycles. The summed E-state index contributed by atoms with van der Waals surface area (Å²) in [7, 11) is 0. The average molecular weight is 318 g/mol. The molecule has 1 saturated heterocycles. The van der Waals surface area contributed by atoms with Gasteiger partial charge in [0.25, 0.3) is 0 Å². The predicted octanol–water partition coefficient (Wildman–Crippen LogP) is 2.42. The van der Waals surface area contributed by atoms with Gasteiger partial charge in [0.05, 0.1) is 12.5 Å². The third-order valence-corrected chi connectivity index (χ3v) is 4.75. The molecule has 4 nitrogen and oxygen atoms in total. The van der Waals surface area contributed by atoms with Gasteiger partial charge in [-0.3, -0.25) is 9.69 Å². The van der Waals surface area contributed by atoms with Crippen molar-refractivity contribution in [1.82, 2.24) is 10.2 Å². The fourth-order valence-electron chi connectivity index (χ4n) is 3.12. The summed E-state index contributed by atoms with van der Waals surface area (Å²) in [5.74, 6) is 0.512. The first-order chi connectivity index (χ1) is 11.0. The lowest BCUT2D eigenvalue weighted by atomic mass is 9.93. The monoisotopic (exact) mass is 318 g/mol. The fourth-order valence-corrected chi connectivity index (χ4v) is 3.12. The van der Waals surface area contributed by atoms with Gasteiger partial charge < -0.3 is 10.4 Å². The lowest BCUT2D eigenvalue weighted by Gasteiger charge is -2.37. The van der Waals surface area contributed by atoms with E-state index >= 15 is 0 Å². The quantitative estimate of drug-likeness (QED) is 0.847. The first-order valence-corrected chi connectivity index (χ1v) is 8.69. The number of carbonyl (C=O) groups is 1. The number of rotatable bonds is 6. The number of amides is 1. The topological polar surface area (TPSA) is 52.6 Å². The Morgan fingerprint density at radius 2 is 2.04 bits per heavy atom. The molecule has 4 heteroatoms. The summed E-state index contributed by atoms with van der Waals surface area (Å²) in [6, 6.07) is 10.7. The molecular weight excluding hydrogens is 288 g/mol. The molecule has 1 aliphatic rings. The van der Waals surface area contributed by atoms with Crippen molar-refractivity contribution in [3.8, 4) is 0 Å². The van der Waals surface area contributed by atoms with Crippen molar-refractivity contribution in [1.29, 1.82) is 0 Å². The molecule has 0 spiro atoms. The van der Waals surface area contributed by atoms with Crippen LogP contribution in [0.15, 0.2) is 30.3 Å².